The Morgan fingerprint density at radius 3 is 2.34 bits per heavy atom. The molecule has 1 aliphatic rings. The quantitative estimate of drug-likeness (QED) is 0.158. The first kappa shape index (κ1) is 24.3. The van der Waals surface area contributed by atoms with Crippen LogP contribution in [0.1, 0.15) is 24.1 Å². The highest BCUT2D eigenvalue weighted by atomic mass is 35.5. The number of nitrogens with zero attached hydrogens (tertiary/aromatic N) is 1. The third-order valence-electron chi connectivity index (χ3n) is 5.40. The number of carbonyl (C=O) groups excluding carboxylic acids is 3. The van der Waals surface area contributed by atoms with Crippen LogP contribution in [0.5, 0.6) is 11.5 Å². The van der Waals surface area contributed by atoms with E-state index in [2.05, 4.69) is 0 Å². The molecule has 1 N–H and O–H groups in total. The molecule has 1 saturated heterocycles. The van der Waals surface area contributed by atoms with E-state index in [4.69, 9.17) is 32.7 Å². The van der Waals surface area contributed by atoms with Crippen molar-refractivity contribution in [3.05, 3.63) is 93.5 Å². The molecule has 9 heteroatoms. The molecule has 1 fully saturated rings. The molecule has 1 aliphatic heterocycles. The smallest absolute Gasteiger partial charge is 0.308 e. The molecule has 1 unspecified atom stereocenters. The number of benzene rings is 3. The van der Waals surface area contributed by atoms with Gasteiger partial charge in [-0.25, -0.2) is 0 Å². The van der Waals surface area contributed by atoms with Gasteiger partial charge in [-0.05, 0) is 48.0 Å². The highest BCUT2D eigenvalue weighted by Crippen LogP contribution is 2.43. The number of amides is 1. The number of hydrogen-bond acceptors (Lipinski definition) is 6. The molecule has 7 nitrogen and oxygen atoms in total. The van der Waals surface area contributed by atoms with Gasteiger partial charge in [0.15, 0.2) is 0 Å². The van der Waals surface area contributed by atoms with Crippen molar-refractivity contribution in [3.63, 3.8) is 0 Å². The predicted octanol–water partition coefficient (Wildman–Crippen LogP) is 5.55. The summed E-state index contributed by atoms with van der Waals surface area (Å²) in [4.78, 5) is 39.3. The number of esters is 1. The molecule has 4 rings (SSSR count). The van der Waals surface area contributed by atoms with E-state index >= 15 is 0 Å². The second-order valence-electron chi connectivity index (χ2n) is 7.67. The van der Waals surface area contributed by atoms with Crippen LogP contribution in [-0.2, 0) is 14.4 Å². The summed E-state index contributed by atoms with van der Waals surface area (Å²) in [6.07, 6.45) is 0. The molecular formula is C26H19Cl2NO6. The minimum Gasteiger partial charge on any atom is -0.507 e. The Morgan fingerprint density at radius 2 is 1.66 bits per heavy atom. The number of ketones is 1. The monoisotopic (exact) mass is 511 g/mol. The van der Waals surface area contributed by atoms with Gasteiger partial charge in [-0.3, -0.25) is 19.3 Å². The lowest BCUT2D eigenvalue weighted by Crippen LogP contribution is -2.29. The Labute approximate surface area is 211 Å². The average molecular weight is 512 g/mol. The summed E-state index contributed by atoms with van der Waals surface area (Å²) in [5, 5.41) is 11.6. The molecule has 35 heavy (non-hydrogen) atoms. The lowest BCUT2D eigenvalue weighted by Gasteiger charge is -2.26. The van der Waals surface area contributed by atoms with Gasteiger partial charge in [-0.2, -0.15) is 0 Å². The van der Waals surface area contributed by atoms with Crippen LogP contribution in [0, 0.1) is 0 Å². The van der Waals surface area contributed by atoms with Crippen molar-refractivity contribution in [2.75, 3.05) is 12.0 Å². The number of anilines is 1. The van der Waals surface area contributed by atoms with Gasteiger partial charge in [0.25, 0.3) is 11.7 Å². The molecular weight excluding hydrogens is 493 g/mol. The number of aliphatic hydroxyl groups is 1. The molecule has 1 amide bonds. The molecule has 0 spiro atoms. The maximum Gasteiger partial charge on any atom is 0.308 e. The fraction of sp³-hybridized carbons (Fsp3) is 0.115. The van der Waals surface area contributed by atoms with Crippen molar-refractivity contribution in [1.29, 1.82) is 0 Å². The van der Waals surface area contributed by atoms with Crippen LogP contribution in [0.3, 0.4) is 0 Å². The maximum absolute atomic E-state index is 13.3. The molecule has 3 aromatic carbocycles. The average Bonchev–Trinajstić information content (AvgIpc) is 3.10. The van der Waals surface area contributed by atoms with Gasteiger partial charge in [-0.1, -0.05) is 41.4 Å². The fourth-order valence-electron chi connectivity index (χ4n) is 3.89. The molecule has 0 saturated carbocycles. The first-order valence-electron chi connectivity index (χ1n) is 10.4. The van der Waals surface area contributed by atoms with Crippen molar-refractivity contribution in [3.8, 4) is 11.5 Å². The Hall–Kier alpha value is -3.81. The summed E-state index contributed by atoms with van der Waals surface area (Å²) < 4.78 is 10.5. The Morgan fingerprint density at radius 1 is 0.943 bits per heavy atom. The van der Waals surface area contributed by atoms with Crippen LogP contribution in [0.25, 0.3) is 5.76 Å². The van der Waals surface area contributed by atoms with E-state index in [0.717, 1.165) is 0 Å². The number of methoxy groups -OCH3 is 1. The fourth-order valence-corrected chi connectivity index (χ4v) is 4.19. The van der Waals surface area contributed by atoms with Crippen molar-refractivity contribution in [2.24, 2.45) is 0 Å². The molecule has 3 aromatic rings. The molecule has 0 aromatic heterocycles. The predicted molar refractivity (Wildman–Crippen MR) is 132 cm³/mol. The van der Waals surface area contributed by atoms with E-state index in [0.29, 0.717) is 17.0 Å². The van der Waals surface area contributed by atoms with Crippen molar-refractivity contribution in [1.82, 2.24) is 0 Å². The second kappa shape index (κ2) is 9.82. The third-order valence-corrected chi connectivity index (χ3v) is 6.14. The summed E-state index contributed by atoms with van der Waals surface area (Å²) in [7, 11) is 1.48. The zero-order chi connectivity index (χ0) is 25.3. The SMILES string of the molecule is COc1cccc(N2C(=O)C(=O)/C(=C(/O)c3ccc(Cl)c(Cl)c3)C2c2cccc(OC(C)=O)c2)c1. The zero-order valence-corrected chi connectivity index (χ0v) is 20.1. The minimum absolute atomic E-state index is 0.156. The third kappa shape index (κ3) is 4.73. The number of carbonyl (C=O) groups is 3. The van der Waals surface area contributed by atoms with Gasteiger partial charge in [0.2, 0.25) is 0 Å². The van der Waals surface area contributed by atoms with Crippen LogP contribution in [-0.4, -0.2) is 29.9 Å². The lowest BCUT2D eigenvalue weighted by molar-refractivity contribution is -0.132. The van der Waals surface area contributed by atoms with Crippen LogP contribution >= 0.6 is 23.2 Å². The van der Waals surface area contributed by atoms with Crippen LogP contribution < -0.4 is 14.4 Å². The molecule has 0 radical (unpaired) electrons. The Bertz CT molecular complexity index is 1380. The van der Waals surface area contributed by atoms with Crippen molar-refractivity contribution in [2.45, 2.75) is 13.0 Å². The lowest BCUT2D eigenvalue weighted by atomic mass is 9.95. The largest absolute Gasteiger partial charge is 0.507 e. The van der Waals surface area contributed by atoms with Crippen LogP contribution in [0.15, 0.2) is 72.3 Å². The standard InChI is InChI=1S/C26H19Cl2NO6/c1-14(30)35-19-8-3-5-15(11-19)23-22(24(31)16-9-10-20(27)21(28)12-16)25(32)26(33)29(23)17-6-4-7-18(13-17)34-2/h3-13,23,31H,1-2H3/b24-22+. The van der Waals surface area contributed by atoms with Crippen LogP contribution in [0.4, 0.5) is 5.69 Å². The van der Waals surface area contributed by atoms with E-state index in [9.17, 15) is 19.5 Å². The number of hydrogen-bond donors (Lipinski definition) is 1. The first-order chi connectivity index (χ1) is 16.7. The molecule has 0 bridgehead atoms. The maximum atomic E-state index is 13.3. The first-order valence-corrected chi connectivity index (χ1v) is 11.2. The van der Waals surface area contributed by atoms with E-state index in [1.165, 1.54) is 43.2 Å². The minimum atomic E-state index is -1.04. The number of ether oxygens (including phenoxy) is 2. The summed E-state index contributed by atoms with van der Waals surface area (Å²) in [5.41, 5.74) is 0.871. The molecule has 178 valence electrons. The van der Waals surface area contributed by atoms with Gasteiger partial charge in [0, 0.05) is 24.2 Å². The Kier molecular flexibility index (Phi) is 6.82. The summed E-state index contributed by atoms with van der Waals surface area (Å²) in [6, 6.07) is 16.4. The van der Waals surface area contributed by atoms with Gasteiger partial charge in [0.05, 0.1) is 28.8 Å². The number of halogens is 2. The van der Waals surface area contributed by atoms with Gasteiger partial charge < -0.3 is 14.6 Å². The number of aliphatic hydroxyl groups excluding tert-OH is 1. The summed E-state index contributed by atoms with van der Waals surface area (Å²) in [5.74, 6) is -1.99. The van der Waals surface area contributed by atoms with Crippen LogP contribution in [0.2, 0.25) is 10.0 Å². The van der Waals surface area contributed by atoms with Crippen molar-refractivity contribution >= 4 is 52.3 Å². The highest BCUT2D eigenvalue weighted by Gasteiger charge is 2.47. The van der Waals surface area contributed by atoms with Gasteiger partial charge >= 0.3 is 5.97 Å². The summed E-state index contributed by atoms with van der Waals surface area (Å²) in [6.45, 7) is 1.26. The van der Waals surface area contributed by atoms with Crippen molar-refractivity contribution < 1.29 is 29.0 Å². The number of rotatable bonds is 5. The van der Waals surface area contributed by atoms with Gasteiger partial charge in [-0.15, -0.1) is 0 Å². The molecule has 1 atom stereocenters. The van der Waals surface area contributed by atoms with E-state index in [1.54, 1.807) is 42.5 Å². The van der Waals surface area contributed by atoms with E-state index < -0.39 is 29.5 Å². The molecule has 0 aliphatic carbocycles. The highest BCUT2D eigenvalue weighted by molar-refractivity contribution is 6.51. The Balaban J connectivity index is 1.95. The van der Waals surface area contributed by atoms with E-state index in [1.807, 2.05) is 0 Å². The topological polar surface area (TPSA) is 93.1 Å². The second-order valence-corrected chi connectivity index (χ2v) is 8.48. The number of Topliss-reactive ketones (excluding diaryl/α,β-unsaturated/α-hetero) is 1. The summed E-state index contributed by atoms with van der Waals surface area (Å²) >= 11 is 12.1. The zero-order valence-electron chi connectivity index (χ0n) is 18.6. The molecule has 1 heterocycles. The normalized spacial score (nSPS) is 16.9. The van der Waals surface area contributed by atoms with E-state index in [-0.39, 0.29) is 26.9 Å². The van der Waals surface area contributed by atoms with Gasteiger partial charge in [0.1, 0.15) is 17.3 Å².